The molecular weight excluding hydrogens is 258 g/mol. The van der Waals surface area contributed by atoms with E-state index in [-0.39, 0.29) is 18.8 Å². The third-order valence-electron chi connectivity index (χ3n) is 2.36. The van der Waals surface area contributed by atoms with E-state index in [1.54, 1.807) is 0 Å². The number of hydrogen-bond acceptors (Lipinski definition) is 4. The molecule has 19 heavy (non-hydrogen) atoms. The molecule has 0 spiro atoms. The highest BCUT2D eigenvalue weighted by Crippen LogP contribution is 2.18. The zero-order valence-corrected chi connectivity index (χ0v) is 10.4. The summed E-state index contributed by atoms with van der Waals surface area (Å²) in [6.07, 6.45) is 0.894. The minimum Gasteiger partial charge on any atom is -0.490 e. The smallest absolute Gasteiger partial charge is 0.374 e. The number of hydrogen-bond donors (Lipinski definition) is 0. The second-order valence-electron chi connectivity index (χ2n) is 3.80. The van der Waals surface area contributed by atoms with Gasteiger partial charge in [0.2, 0.25) is 5.78 Å². The molecule has 0 amide bonds. The van der Waals surface area contributed by atoms with Crippen LogP contribution in [-0.2, 0) is 14.3 Å². The zero-order valence-electron chi connectivity index (χ0n) is 10.4. The summed E-state index contributed by atoms with van der Waals surface area (Å²) >= 11 is 0. The molecule has 0 atom stereocenters. The SMILES string of the molecule is COC(=O)C(=O)CCCCOc1cc(F)ccc1F. The lowest BCUT2D eigenvalue weighted by Crippen LogP contribution is -2.15. The van der Waals surface area contributed by atoms with Gasteiger partial charge in [0.1, 0.15) is 5.82 Å². The van der Waals surface area contributed by atoms with Crippen LogP contribution < -0.4 is 4.74 Å². The fourth-order valence-corrected chi connectivity index (χ4v) is 1.37. The quantitative estimate of drug-likeness (QED) is 0.434. The highest BCUT2D eigenvalue weighted by molar-refractivity contribution is 6.33. The number of esters is 1. The van der Waals surface area contributed by atoms with Crippen molar-refractivity contribution in [2.75, 3.05) is 13.7 Å². The van der Waals surface area contributed by atoms with Gasteiger partial charge in [-0.3, -0.25) is 4.79 Å². The normalized spacial score (nSPS) is 10.1. The summed E-state index contributed by atoms with van der Waals surface area (Å²) in [5.41, 5.74) is 0. The van der Waals surface area contributed by atoms with Crippen LogP contribution in [-0.4, -0.2) is 25.5 Å². The number of Topliss-reactive ketones (excluding diaryl/α,β-unsaturated/α-hetero) is 1. The van der Waals surface area contributed by atoms with Gasteiger partial charge in [-0.25, -0.2) is 13.6 Å². The lowest BCUT2D eigenvalue weighted by Gasteiger charge is -2.06. The minimum atomic E-state index is -0.878. The molecule has 6 heteroatoms. The Kier molecular flexibility index (Phi) is 5.92. The van der Waals surface area contributed by atoms with E-state index in [4.69, 9.17) is 4.74 Å². The first kappa shape index (κ1) is 15.1. The van der Waals surface area contributed by atoms with Crippen molar-refractivity contribution >= 4 is 11.8 Å². The Labute approximate surface area is 109 Å². The monoisotopic (exact) mass is 272 g/mol. The maximum absolute atomic E-state index is 13.2. The molecule has 0 N–H and O–H groups in total. The van der Waals surface area contributed by atoms with Gasteiger partial charge in [0.25, 0.3) is 0 Å². The minimum absolute atomic E-state index is 0.0433. The number of carbonyl (C=O) groups is 2. The van der Waals surface area contributed by atoms with Crippen molar-refractivity contribution in [2.45, 2.75) is 19.3 Å². The van der Waals surface area contributed by atoms with Crippen LogP contribution in [0.2, 0.25) is 0 Å². The Morgan fingerprint density at radius 2 is 1.95 bits per heavy atom. The van der Waals surface area contributed by atoms with Crippen molar-refractivity contribution in [3.8, 4) is 5.75 Å². The summed E-state index contributed by atoms with van der Waals surface area (Å²) in [5.74, 6) is -2.89. The number of benzene rings is 1. The number of rotatable bonds is 7. The van der Waals surface area contributed by atoms with Crippen LogP contribution >= 0.6 is 0 Å². The largest absolute Gasteiger partial charge is 0.490 e. The maximum atomic E-state index is 13.2. The van der Waals surface area contributed by atoms with Gasteiger partial charge in [0, 0.05) is 12.5 Å². The highest BCUT2D eigenvalue weighted by Gasteiger charge is 2.12. The Morgan fingerprint density at radius 1 is 1.21 bits per heavy atom. The van der Waals surface area contributed by atoms with E-state index >= 15 is 0 Å². The van der Waals surface area contributed by atoms with Gasteiger partial charge in [-0.2, -0.15) is 0 Å². The Morgan fingerprint density at radius 3 is 2.63 bits per heavy atom. The second kappa shape index (κ2) is 7.45. The van der Waals surface area contributed by atoms with Crippen LogP contribution in [0.1, 0.15) is 19.3 Å². The molecule has 0 saturated heterocycles. The molecule has 0 heterocycles. The van der Waals surface area contributed by atoms with Crippen molar-refractivity contribution < 1.29 is 27.8 Å². The standard InChI is InChI=1S/C13H14F2O4/c1-18-13(17)11(16)4-2-3-7-19-12-8-9(14)5-6-10(12)15/h5-6,8H,2-4,7H2,1H3. The van der Waals surface area contributed by atoms with Crippen molar-refractivity contribution in [3.05, 3.63) is 29.8 Å². The van der Waals surface area contributed by atoms with Crippen LogP contribution in [0.3, 0.4) is 0 Å². The predicted octanol–water partition coefficient (Wildman–Crippen LogP) is 2.26. The summed E-state index contributed by atoms with van der Waals surface area (Å²) in [6.45, 7) is 0.134. The fraction of sp³-hybridized carbons (Fsp3) is 0.385. The molecule has 0 aromatic heterocycles. The molecule has 4 nitrogen and oxygen atoms in total. The summed E-state index contributed by atoms with van der Waals surface area (Å²) in [4.78, 5) is 21.9. The Bertz CT molecular complexity index is 460. The molecule has 0 unspecified atom stereocenters. The molecule has 1 aromatic rings. The Hall–Kier alpha value is -1.98. The zero-order chi connectivity index (χ0) is 14.3. The molecule has 0 radical (unpaired) electrons. The first-order valence-electron chi connectivity index (χ1n) is 5.73. The van der Waals surface area contributed by atoms with E-state index in [0.717, 1.165) is 25.3 Å². The third kappa shape index (κ3) is 5.03. The van der Waals surface area contributed by atoms with Gasteiger partial charge in [0.05, 0.1) is 13.7 Å². The van der Waals surface area contributed by atoms with Crippen LogP contribution in [0, 0.1) is 11.6 Å². The number of unbranched alkanes of at least 4 members (excludes halogenated alkanes) is 1. The number of ether oxygens (including phenoxy) is 2. The van der Waals surface area contributed by atoms with Crippen molar-refractivity contribution in [2.24, 2.45) is 0 Å². The first-order chi connectivity index (χ1) is 9.04. The number of carbonyl (C=O) groups excluding carboxylic acids is 2. The molecule has 0 aliphatic rings. The van der Waals surface area contributed by atoms with Crippen molar-refractivity contribution in [3.63, 3.8) is 0 Å². The van der Waals surface area contributed by atoms with Crippen LogP contribution in [0.15, 0.2) is 18.2 Å². The number of halogens is 2. The van der Waals surface area contributed by atoms with E-state index in [0.29, 0.717) is 12.8 Å². The summed E-state index contributed by atoms with van der Waals surface area (Å²) in [5, 5.41) is 0. The van der Waals surface area contributed by atoms with Gasteiger partial charge < -0.3 is 9.47 Å². The van der Waals surface area contributed by atoms with E-state index in [2.05, 4.69) is 4.74 Å². The molecule has 0 saturated carbocycles. The fourth-order valence-electron chi connectivity index (χ4n) is 1.37. The van der Waals surface area contributed by atoms with Gasteiger partial charge in [-0.1, -0.05) is 0 Å². The summed E-state index contributed by atoms with van der Waals surface area (Å²) in [6, 6.07) is 2.93. The third-order valence-corrected chi connectivity index (χ3v) is 2.36. The maximum Gasteiger partial charge on any atom is 0.374 e. The molecule has 1 rings (SSSR count). The molecule has 104 valence electrons. The molecule has 0 aliphatic heterocycles. The van der Waals surface area contributed by atoms with E-state index in [1.807, 2.05) is 0 Å². The molecule has 0 aliphatic carbocycles. The van der Waals surface area contributed by atoms with Crippen LogP contribution in [0.25, 0.3) is 0 Å². The van der Waals surface area contributed by atoms with Gasteiger partial charge in [-0.05, 0) is 25.0 Å². The molecule has 1 aromatic carbocycles. The van der Waals surface area contributed by atoms with Crippen molar-refractivity contribution in [1.82, 2.24) is 0 Å². The summed E-state index contributed by atoms with van der Waals surface area (Å²) < 4.78 is 35.3. The Balaban J connectivity index is 2.26. The predicted molar refractivity (Wildman–Crippen MR) is 62.7 cm³/mol. The van der Waals surface area contributed by atoms with E-state index in [1.165, 1.54) is 0 Å². The van der Waals surface area contributed by atoms with Crippen LogP contribution in [0.5, 0.6) is 5.75 Å². The lowest BCUT2D eigenvalue weighted by atomic mass is 10.2. The molecular formula is C13H14F2O4. The topological polar surface area (TPSA) is 52.6 Å². The number of methoxy groups -OCH3 is 1. The first-order valence-corrected chi connectivity index (χ1v) is 5.73. The number of ketones is 1. The van der Waals surface area contributed by atoms with Gasteiger partial charge in [-0.15, -0.1) is 0 Å². The summed E-state index contributed by atoms with van der Waals surface area (Å²) in [7, 11) is 1.13. The lowest BCUT2D eigenvalue weighted by molar-refractivity contribution is -0.151. The van der Waals surface area contributed by atoms with Crippen LogP contribution in [0.4, 0.5) is 8.78 Å². The average Bonchev–Trinajstić information content (AvgIpc) is 2.40. The molecule has 0 fully saturated rings. The van der Waals surface area contributed by atoms with Gasteiger partial charge in [0.15, 0.2) is 11.6 Å². The van der Waals surface area contributed by atoms with E-state index in [9.17, 15) is 18.4 Å². The second-order valence-corrected chi connectivity index (χ2v) is 3.80. The van der Waals surface area contributed by atoms with Crippen molar-refractivity contribution in [1.29, 1.82) is 0 Å². The van der Waals surface area contributed by atoms with Gasteiger partial charge >= 0.3 is 5.97 Å². The molecule has 0 bridgehead atoms. The highest BCUT2D eigenvalue weighted by atomic mass is 19.1. The van der Waals surface area contributed by atoms with E-state index < -0.39 is 23.4 Å². The average molecular weight is 272 g/mol.